The van der Waals surface area contributed by atoms with Gasteiger partial charge in [-0.15, -0.1) is 23.1 Å². The number of nitrogens with one attached hydrogen (secondary N) is 1. The number of likely N-dealkylation sites (tertiary alicyclic amines) is 1. The number of thiazole rings is 1. The molecule has 1 aromatic heterocycles. The van der Waals surface area contributed by atoms with Crippen LogP contribution in [0, 0.1) is 0 Å². The Balaban J connectivity index is 1.44. The average Bonchev–Trinajstić information content (AvgIpc) is 3.11. The summed E-state index contributed by atoms with van der Waals surface area (Å²) in [5, 5.41) is 5.93. The molecule has 1 fully saturated rings. The molecule has 0 saturated carbocycles. The number of nitrogens with zero attached hydrogens (tertiary/aromatic N) is 2. The minimum absolute atomic E-state index is 0.124. The van der Waals surface area contributed by atoms with Crippen LogP contribution in [0.5, 0.6) is 0 Å². The van der Waals surface area contributed by atoms with E-state index in [1.54, 1.807) is 0 Å². The number of hydrogen-bond acceptors (Lipinski definition) is 5. The lowest BCUT2D eigenvalue weighted by Crippen LogP contribution is -2.43. The van der Waals surface area contributed by atoms with Crippen molar-refractivity contribution >= 4 is 51.6 Å². The van der Waals surface area contributed by atoms with Gasteiger partial charge < -0.3 is 10.2 Å². The van der Waals surface area contributed by atoms with E-state index in [9.17, 15) is 9.59 Å². The van der Waals surface area contributed by atoms with Crippen molar-refractivity contribution in [2.45, 2.75) is 32.2 Å². The smallest absolute Gasteiger partial charge is 0.236 e. The molecule has 1 aliphatic rings. The Labute approximate surface area is 172 Å². The second-order valence-electron chi connectivity index (χ2n) is 6.52. The molecule has 27 heavy (non-hydrogen) atoms. The van der Waals surface area contributed by atoms with Gasteiger partial charge >= 0.3 is 0 Å². The minimum atomic E-state index is -0.142. The number of hydrogen-bond donors (Lipinski definition) is 1. The van der Waals surface area contributed by atoms with Crippen molar-refractivity contribution in [2.75, 3.05) is 23.4 Å². The number of carbonyl (C=O) groups excluding carboxylic acids is 2. The second kappa shape index (κ2) is 9.57. The summed E-state index contributed by atoms with van der Waals surface area (Å²) in [6.45, 7) is 2.93. The number of thioether (sulfide) groups is 1. The first kappa shape index (κ1) is 20.2. The standard InChI is InChI=1S/C19H22ClN3O2S2/c1-13-4-2-3-9-23(13)18(25)12-26-11-17(24)22-19-21-16(10-27-19)14-5-7-15(20)8-6-14/h5-8,10,13H,2-4,9,11-12H2,1H3,(H,21,22,24). The molecule has 2 aromatic rings. The van der Waals surface area contributed by atoms with Gasteiger partial charge in [-0.05, 0) is 38.3 Å². The third-order valence-electron chi connectivity index (χ3n) is 4.47. The quantitative estimate of drug-likeness (QED) is 0.741. The van der Waals surface area contributed by atoms with E-state index in [-0.39, 0.29) is 17.6 Å². The Kier molecular flexibility index (Phi) is 7.15. The fourth-order valence-electron chi connectivity index (χ4n) is 3.02. The van der Waals surface area contributed by atoms with Gasteiger partial charge in [0.2, 0.25) is 11.8 Å². The molecule has 144 valence electrons. The van der Waals surface area contributed by atoms with E-state index in [1.807, 2.05) is 34.5 Å². The normalized spacial score (nSPS) is 17.0. The van der Waals surface area contributed by atoms with Crippen molar-refractivity contribution in [3.05, 3.63) is 34.7 Å². The van der Waals surface area contributed by atoms with Gasteiger partial charge in [0.25, 0.3) is 0 Å². The molecule has 1 atom stereocenters. The molecule has 1 unspecified atom stereocenters. The molecule has 8 heteroatoms. The Morgan fingerprint density at radius 1 is 1.30 bits per heavy atom. The lowest BCUT2D eigenvalue weighted by molar-refractivity contribution is -0.131. The van der Waals surface area contributed by atoms with E-state index in [1.165, 1.54) is 29.5 Å². The fraction of sp³-hybridized carbons (Fsp3) is 0.421. The lowest BCUT2D eigenvalue weighted by Gasteiger charge is -2.33. The number of benzene rings is 1. The van der Waals surface area contributed by atoms with Crippen LogP contribution in [0.1, 0.15) is 26.2 Å². The van der Waals surface area contributed by atoms with Gasteiger partial charge in [0.15, 0.2) is 5.13 Å². The predicted molar refractivity (Wildman–Crippen MR) is 114 cm³/mol. The van der Waals surface area contributed by atoms with Gasteiger partial charge in [0, 0.05) is 28.6 Å². The first-order chi connectivity index (χ1) is 13.0. The molecule has 1 aromatic carbocycles. The van der Waals surface area contributed by atoms with E-state index in [0.29, 0.717) is 21.9 Å². The average molecular weight is 424 g/mol. The van der Waals surface area contributed by atoms with E-state index in [0.717, 1.165) is 30.6 Å². The van der Waals surface area contributed by atoms with Crippen LogP contribution < -0.4 is 5.32 Å². The van der Waals surface area contributed by atoms with Crippen molar-refractivity contribution in [3.8, 4) is 11.3 Å². The lowest BCUT2D eigenvalue weighted by atomic mass is 10.0. The summed E-state index contributed by atoms with van der Waals surface area (Å²) in [6, 6.07) is 7.72. The summed E-state index contributed by atoms with van der Waals surface area (Å²) in [5.41, 5.74) is 1.75. The highest BCUT2D eigenvalue weighted by Gasteiger charge is 2.23. The number of amides is 2. The molecule has 0 radical (unpaired) electrons. The van der Waals surface area contributed by atoms with Gasteiger partial charge in [-0.3, -0.25) is 9.59 Å². The Bertz CT molecular complexity index is 795. The zero-order valence-electron chi connectivity index (χ0n) is 15.1. The maximum absolute atomic E-state index is 12.3. The highest BCUT2D eigenvalue weighted by Crippen LogP contribution is 2.26. The molecule has 0 spiro atoms. The largest absolute Gasteiger partial charge is 0.339 e. The summed E-state index contributed by atoms with van der Waals surface area (Å²) >= 11 is 8.62. The van der Waals surface area contributed by atoms with Crippen LogP contribution in [0.15, 0.2) is 29.6 Å². The number of aromatic nitrogens is 1. The SMILES string of the molecule is CC1CCCCN1C(=O)CSCC(=O)Nc1nc(-c2ccc(Cl)cc2)cs1. The van der Waals surface area contributed by atoms with E-state index < -0.39 is 0 Å². The number of rotatable bonds is 6. The van der Waals surface area contributed by atoms with Crippen LogP contribution in [-0.2, 0) is 9.59 Å². The third kappa shape index (κ3) is 5.70. The Morgan fingerprint density at radius 3 is 2.81 bits per heavy atom. The summed E-state index contributed by atoms with van der Waals surface area (Å²) in [5.74, 6) is 0.561. The molecule has 1 N–H and O–H groups in total. The molecule has 0 bridgehead atoms. The van der Waals surface area contributed by atoms with Crippen molar-refractivity contribution in [1.82, 2.24) is 9.88 Å². The predicted octanol–water partition coefficient (Wildman–Crippen LogP) is 4.54. The highest BCUT2D eigenvalue weighted by atomic mass is 35.5. The number of anilines is 1. The summed E-state index contributed by atoms with van der Waals surface area (Å²) in [7, 11) is 0. The summed E-state index contributed by atoms with van der Waals surface area (Å²) in [6.07, 6.45) is 3.32. The molecular formula is C19H22ClN3O2S2. The van der Waals surface area contributed by atoms with E-state index >= 15 is 0 Å². The number of piperidine rings is 1. The Hall–Kier alpha value is -1.57. The van der Waals surface area contributed by atoms with Crippen molar-refractivity contribution in [2.24, 2.45) is 0 Å². The van der Waals surface area contributed by atoms with E-state index in [2.05, 4.69) is 17.2 Å². The van der Waals surface area contributed by atoms with Crippen LogP contribution in [0.25, 0.3) is 11.3 Å². The van der Waals surface area contributed by atoms with Crippen LogP contribution in [0.2, 0.25) is 5.02 Å². The van der Waals surface area contributed by atoms with E-state index in [4.69, 9.17) is 11.6 Å². The first-order valence-corrected chi connectivity index (χ1v) is 11.3. The Morgan fingerprint density at radius 2 is 2.07 bits per heavy atom. The van der Waals surface area contributed by atoms with Crippen LogP contribution in [0.3, 0.4) is 0 Å². The molecular weight excluding hydrogens is 402 g/mol. The second-order valence-corrected chi connectivity index (χ2v) is 8.80. The highest BCUT2D eigenvalue weighted by molar-refractivity contribution is 8.00. The van der Waals surface area contributed by atoms with Crippen molar-refractivity contribution in [3.63, 3.8) is 0 Å². The molecule has 3 rings (SSSR count). The van der Waals surface area contributed by atoms with Gasteiger partial charge in [0.1, 0.15) is 0 Å². The molecule has 1 aliphatic heterocycles. The first-order valence-electron chi connectivity index (χ1n) is 8.91. The zero-order chi connectivity index (χ0) is 19.2. The maximum atomic E-state index is 12.3. The molecule has 1 saturated heterocycles. The summed E-state index contributed by atoms with van der Waals surface area (Å²) < 4.78 is 0. The minimum Gasteiger partial charge on any atom is -0.339 e. The van der Waals surface area contributed by atoms with Crippen LogP contribution >= 0.6 is 34.7 Å². The van der Waals surface area contributed by atoms with Crippen LogP contribution in [0.4, 0.5) is 5.13 Å². The maximum Gasteiger partial charge on any atom is 0.236 e. The topological polar surface area (TPSA) is 62.3 Å². The van der Waals surface area contributed by atoms with Gasteiger partial charge in [-0.1, -0.05) is 23.7 Å². The molecule has 5 nitrogen and oxygen atoms in total. The van der Waals surface area contributed by atoms with Crippen molar-refractivity contribution in [1.29, 1.82) is 0 Å². The fourth-order valence-corrected chi connectivity index (χ4v) is 4.58. The zero-order valence-corrected chi connectivity index (χ0v) is 17.5. The molecule has 0 aliphatic carbocycles. The number of carbonyl (C=O) groups is 2. The van der Waals surface area contributed by atoms with Crippen molar-refractivity contribution < 1.29 is 9.59 Å². The third-order valence-corrected chi connectivity index (χ3v) is 6.40. The van der Waals surface area contributed by atoms with Gasteiger partial charge in [-0.25, -0.2) is 4.98 Å². The summed E-state index contributed by atoms with van der Waals surface area (Å²) in [4.78, 5) is 30.8. The van der Waals surface area contributed by atoms with Gasteiger partial charge in [-0.2, -0.15) is 0 Å². The number of halogens is 1. The van der Waals surface area contributed by atoms with Gasteiger partial charge in [0.05, 0.1) is 17.2 Å². The monoisotopic (exact) mass is 423 g/mol. The van der Waals surface area contributed by atoms with Crippen LogP contribution in [-0.4, -0.2) is 45.8 Å². The molecule has 2 heterocycles. The molecule has 2 amide bonds.